The van der Waals surface area contributed by atoms with E-state index in [9.17, 15) is 14.4 Å². The molecule has 21 heavy (non-hydrogen) atoms. The molecule has 0 aliphatic carbocycles. The second kappa shape index (κ2) is 8.57. The number of benzene rings is 1. The van der Waals surface area contributed by atoms with Crippen LogP contribution in [-0.4, -0.2) is 42.5 Å². The SMILES string of the molecule is CCNC(=O)CN(NC(=O)c1ccccc1)C(=O)NCC. The summed E-state index contributed by atoms with van der Waals surface area (Å²) in [5.74, 6) is -0.803. The van der Waals surface area contributed by atoms with Gasteiger partial charge >= 0.3 is 6.03 Å². The van der Waals surface area contributed by atoms with E-state index in [1.807, 2.05) is 0 Å². The Kier molecular flexibility index (Phi) is 6.73. The van der Waals surface area contributed by atoms with Crippen molar-refractivity contribution in [2.45, 2.75) is 13.8 Å². The van der Waals surface area contributed by atoms with Crippen LogP contribution in [0.5, 0.6) is 0 Å². The Morgan fingerprint density at radius 3 is 2.19 bits per heavy atom. The van der Waals surface area contributed by atoms with E-state index >= 15 is 0 Å². The van der Waals surface area contributed by atoms with Crippen LogP contribution in [-0.2, 0) is 4.79 Å². The average molecular weight is 292 g/mol. The van der Waals surface area contributed by atoms with E-state index in [4.69, 9.17) is 0 Å². The second-order valence-corrected chi connectivity index (χ2v) is 4.18. The number of rotatable bonds is 5. The number of carbonyl (C=O) groups is 3. The zero-order valence-corrected chi connectivity index (χ0v) is 12.2. The van der Waals surface area contributed by atoms with Crippen molar-refractivity contribution in [1.29, 1.82) is 0 Å². The third-order valence-corrected chi connectivity index (χ3v) is 2.52. The summed E-state index contributed by atoms with van der Waals surface area (Å²) in [6.07, 6.45) is 0. The molecule has 0 fully saturated rings. The lowest BCUT2D eigenvalue weighted by molar-refractivity contribution is -0.121. The van der Waals surface area contributed by atoms with E-state index < -0.39 is 11.9 Å². The first-order valence-electron chi connectivity index (χ1n) is 6.76. The predicted molar refractivity (Wildman–Crippen MR) is 78.4 cm³/mol. The molecule has 0 spiro atoms. The van der Waals surface area contributed by atoms with Crippen LogP contribution < -0.4 is 16.1 Å². The lowest BCUT2D eigenvalue weighted by Gasteiger charge is -2.22. The monoisotopic (exact) mass is 292 g/mol. The maximum absolute atomic E-state index is 12.0. The van der Waals surface area contributed by atoms with Crippen molar-refractivity contribution in [2.24, 2.45) is 0 Å². The van der Waals surface area contributed by atoms with Crippen molar-refractivity contribution in [3.63, 3.8) is 0 Å². The van der Waals surface area contributed by atoms with Gasteiger partial charge in [0.25, 0.3) is 5.91 Å². The summed E-state index contributed by atoms with van der Waals surface area (Å²) < 4.78 is 0. The first-order chi connectivity index (χ1) is 10.1. The average Bonchev–Trinajstić information content (AvgIpc) is 2.48. The predicted octanol–water partition coefficient (Wildman–Crippen LogP) is 0.499. The van der Waals surface area contributed by atoms with Crippen molar-refractivity contribution in [1.82, 2.24) is 21.1 Å². The molecular formula is C14H20N4O3. The number of nitrogens with zero attached hydrogens (tertiary/aromatic N) is 1. The molecule has 1 rings (SSSR count). The number of carbonyl (C=O) groups excluding carboxylic acids is 3. The van der Waals surface area contributed by atoms with Gasteiger partial charge in [-0.05, 0) is 26.0 Å². The van der Waals surface area contributed by atoms with Gasteiger partial charge in [0.15, 0.2) is 0 Å². The summed E-state index contributed by atoms with van der Waals surface area (Å²) in [6, 6.07) is 7.93. The molecule has 1 aromatic rings. The summed E-state index contributed by atoms with van der Waals surface area (Å²) in [7, 11) is 0. The highest BCUT2D eigenvalue weighted by atomic mass is 16.2. The number of hydrazine groups is 1. The van der Waals surface area contributed by atoms with Gasteiger partial charge in [-0.25, -0.2) is 9.80 Å². The lowest BCUT2D eigenvalue weighted by Crippen LogP contribution is -2.54. The van der Waals surface area contributed by atoms with Crippen LogP contribution in [0, 0.1) is 0 Å². The number of likely N-dealkylation sites (N-methyl/N-ethyl adjacent to an activating group) is 1. The summed E-state index contributed by atoms with van der Waals surface area (Å²) in [5, 5.41) is 6.08. The molecule has 0 radical (unpaired) electrons. The smallest absolute Gasteiger partial charge is 0.336 e. The molecule has 0 saturated carbocycles. The topological polar surface area (TPSA) is 90.5 Å². The van der Waals surface area contributed by atoms with Gasteiger partial charge in [0.2, 0.25) is 5.91 Å². The summed E-state index contributed by atoms with van der Waals surface area (Å²) in [6.45, 7) is 4.12. The maximum Gasteiger partial charge on any atom is 0.336 e. The van der Waals surface area contributed by atoms with Gasteiger partial charge in [0.1, 0.15) is 6.54 Å². The lowest BCUT2D eigenvalue weighted by atomic mass is 10.2. The Morgan fingerprint density at radius 1 is 1.00 bits per heavy atom. The van der Waals surface area contributed by atoms with E-state index in [-0.39, 0.29) is 12.5 Å². The Balaban J connectivity index is 2.74. The summed E-state index contributed by atoms with van der Waals surface area (Å²) in [4.78, 5) is 35.5. The first-order valence-corrected chi connectivity index (χ1v) is 6.76. The zero-order valence-electron chi connectivity index (χ0n) is 12.2. The van der Waals surface area contributed by atoms with E-state index in [0.717, 1.165) is 5.01 Å². The van der Waals surface area contributed by atoms with Crippen molar-refractivity contribution in [3.8, 4) is 0 Å². The third-order valence-electron chi connectivity index (χ3n) is 2.52. The Morgan fingerprint density at radius 2 is 1.62 bits per heavy atom. The minimum atomic E-state index is -0.534. The van der Waals surface area contributed by atoms with Crippen LogP contribution in [0.1, 0.15) is 24.2 Å². The highest BCUT2D eigenvalue weighted by Crippen LogP contribution is 1.99. The highest BCUT2D eigenvalue weighted by molar-refractivity contribution is 5.96. The molecule has 0 atom stereocenters. The molecule has 7 heteroatoms. The van der Waals surface area contributed by atoms with Crippen molar-refractivity contribution < 1.29 is 14.4 Å². The van der Waals surface area contributed by atoms with Crippen molar-refractivity contribution in [3.05, 3.63) is 35.9 Å². The molecule has 0 bridgehead atoms. The Bertz CT molecular complexity index is 490. The summed E-state index contributed by atoms with van der Waals surface area (Å²) >= 11 is 0. The van der Waals surface area contributed by atoms with Crippen LogP contribution in [0.3, 0.4) is 0 Å². The zero-order chi connectivity index (χ0) is 15.7. The normalized spacial score (nSPS) is 9.62. The Labute approximate surface area is 123 Å². The van der Waals surface area contributed by atoms with Crippen molar-refractivity contribution in [2.75, 3.05) is 19.6 Å². The first kappa shape index (κ1) is 16.5. The van der Waals surface area contributed by atoms with Crippen LogP contribution in [0.15, 0.2) is 30.3 Å². The minimum absolute atomic E-state index is 0.252. The third kappa shape index (κ3) is 5.52. The fourth-order valence-electron chi connectivity index (χ4n) is 1.58. The van der Waals surface area contributed by atoms with E-state index in [1.54, 1.807) is 44.2 Å². The summed E-state index contributed by atoms with van der Waals surface area (Å²) in [5.41, 5.74) is 2.83. The molecule has 0 aromatic heterocycles. The van der Waals surface area contributed by atoms with Crippen molar-refractivity contribution >= 4 is 17.8 Å². The number of hydrogen-bond acceptors (Lipinski definition) is 3. The molecule has 3 N–H and O–H groups in total. The van der Waals surface area contributed by atoms with E-state index in [0.29, 0.717) is 18.7 Å². The fourth-order valence-corrected chi connectivity index (χ4v) is 1.58. The van der Waals surface area contributed by atoms with Gasteiger partial charge in [-0.2, -0.15) is 0 Å². The molecule has 1 aromatic carbocycles. The number of hydrogen-bond donors (Lipinski definition) is 3. The molecule has 0 aliphatic rings. The highest BCUT2D eigenvalue weighted by Gasteiger charge is 2.19. The van der Waals surface area contributed by atoms with E-state index in [2.05, 4.69) is 16.1 Å². The second-order valence-electron chi connectivity index (χ2n) is 4.18. The van der Waals surface area contributed by atoms with Gasteiger partial charge in [0.05, 0.1) is 0 Å². The van der Waals surface area contributed by atoms with Gasteiger partial charge in [0, 0.05) is 18.7 Å². The molecule has 7 nitrogen and oxygen atoms in total. The number of urea groups is 1. The molecule has 0 aliphatic heterocycles. The maximum atomic E-state index is 12.0. The molecule has 114 valence electrons. The van der Waals surface area contributed by atoms with Crippen LogP contribution in [0.2, 0.25) is 0 Å². The fraction of sp³-hybridized carbons (Fsp3) is 0.357. The molecular weight excluding hydrogens is 272 g/mol. The van der Waals surface area contributed by atoms with Crippen LogP contribution in [0.25, 0.3) is 0 Å². The minimum Gasteiger partial charge on any atom is -0.355 e. The quantitative estimate of drug-likeness (QED) is 0.690. The standard InChI is InChI=1S/C14H20N4O3/c1-3-15-12(19)10-18(14(21)16-4-2)17-13(20)11-8-6-5-7-9-11/h5-9H,3-4,10H2,1-2H3,(H,15,19)(H,16,21)(H,17,20). The van der Waals surface area contributed by atoms with E-state index in [1.165, 1.54) is 0 Å². The Hall–Kier alpha value is -2.57. The molecule has 0 saturated heterocycles. The molecule has 0 heterocycles. The van der Waals surface area contributed by atoms with Gasteiger partial charge in [-0.15, -0.1) is 0 Å². The molecule has 0 unspecified atom stereocenters. The van der Waals surface area contributed by atoms with Gasteiger partial charge in [-0.3, -0.25) is 15.0 Å². The van der Waals surface area contributed by atoms with Crippen LogP contribution in [0.4, 0.5) is 4.79 Å². The van der Waals surface area contributed by atoms with Crippen LogP contribution >= 0.6 is 0 Å². The number of nitrogens with one attached hydrogen (secondary N) is 3. The van der Waals surface area contributed by atoms with Gasteiger partial charge < -0.3 is 10.6 Å². The van der Waals surface area contributed by atoms with Gasteiger partial charge in [-0.1, -0.05) is 18.2 Å². The largest absolute Gasteiger partial charge is 0.355 e. The number of amides is 4. The molecule has 4 amide bonds.